The van der Waals surface area contributed by atoms with E-state index >= 15 is 0 Å². The molecular weight excluding hydrogens is 654 g/mol. The second-order valence-corrected chi connectivity index (χ2v) is 12.3. The first-order chi connectivity index (χ1) is 23.6. The third-order valence-electron chi connectivity index (χ3n) is 9.00. The number of nitrogens with one attached hydrogen (secondary N) is 3. The smallest absolute Gasteiger partial charge is 0.394 e. The summed E-state index contributed by atoms with van der Waals surface area (Å²) in [6, 6.07) is 12.3. The molecule has 3 aromatic heterocycles. The lowest BCUT2D eigenvalue weighted by molar-refractivity contribution is 0.0929. The fourth-order valence-corrected chi connectivity index (χ4v) is 6.75. The second-order valence-electron chi connectivity index (χ2n) is 11.9. The first-order valence-electron chi connectivity index (χ1n) is 15.3. The molecule has 3 aromatic carbocycles. The Bertz CT molecular complexity index is 2540. The number of hydrogen-bond acceptors (Lipinski definition) is 13. The second kappa shape index (κ2) is 11.5. The molecule has 2 amide bonds. The third kappa shape index (κ3) is 5.20. The molecule has 0 bridgehead atoms. The van der Waals surface area contributed by atoms with Gasteiger partial charge in [0.2, 0.25) is 0 Å². The number of fused-ring (bicyclic) bond motifs is 3. The number of aromatic nitrogens is 5. The number of H-pyrrole nitrogens is 1. The standard InChI is InChI=1S/C32H25N9O7S/c33-23-24(26(43)25(23)42)40-8-7-15-2-1-14(9-18(15)13-40)12-34-28(44)21-11-22(41-30(36-21)39-48-32(41)49)29(45)35-20-6-4-16-10-17(3-5-19(16)20)27-37-31(46)47-38-27/h1-3,5,9-11,20H,4,6-8,12-13,33H2,(H,34,44)(H,35,45)(H,37,38,46)/t20-/m0/s1. The molecule has 246 valence electrons. The van der Waals surface area contributed by atoms with E-state index in [2.05, 4.69) is 35.4 Å². The summed E-state index contributed by atoms with van der Waals surface area (Å²) in [5.74, 6) is -1.44. The van der Waals surface area contributed by atoms with Crippen molar-refractivity contribution in [1.82, 2.24) is 35.3 Å². The zero-order valence-electron chi connectivity index (χ0n) is 25.4. The van der Waals surface area contributed by atoms with Crippen molar-refractivity contribution in [3.63, 3.8) is 0 Å². The summed E-state index contributed by atoms with van der Waals surface area (Å²) in [6.45, 7) is 1.12. The van der Waals surface area contributed by atoms with E-state index < -0.39 is 28.4 Å². The van der Waals surface area contributed by atoms with Gasteiger partial charge in [-0.3, -0.25) is 28.7 Å². The molecule has 1 aliphatic heterocycles. The average Bonchev–Trinajstić information content (AvgIpc) is 3.84. The number of nitrogen functional groups attached to an aromatic ring is 1. The Labute approximate surface area is 279 Å². The van der Waals surface area contributed by atoms with Crippen molar-refractivity contribution in [3.8, 4) is 11.4 Å². The zero-order valence-corrected chi connectivity index (χ0v) is 26.3. The normalized spacial score (nSPS) is 15.3. The molecule has 0 spiro atoms. The largest absolute Gasteiger partial charge is 0.439 e. The fraction of sp³-hybridized carbons (Fsp3) is 0.219. The van der Waals surface area contributed by atoms with Crippen molar-refractivity contribution >= 4 is 41.2 Å². The summed E-state index contributed by atoms with van der Waals surface area (Å²) in [5, 5.41) is 13.4. The van der Waals surface area contributed by atoms with Crippen LogP contribution in [0.25, 0.3) is 17.2 Å². The average molecular weight is 680 g/mol. The van der Waals surface area contributed by atoms with Crippen molar-refractivity contribution in [2.75, 3.05) is 17.2 Å². The van der Waals surface area contributed by atoms with Gasteiger partial charge in [0.1, 0.15) is 22.8 Å². The van der Waals surface area contributed by atoms with Crippen LogP contribution in [0.3, 0.4) is 0 Å². The van der Waals surface area contributed by atoms with Gasteiger partial charge in [-0.25, -0.2) is 14.2 Å². The van der Waals surface area contributed by atoms with Crippen LogP contribution in [0, 0.1) is 4.84 Å². The van der Waals surface area contributed by atoms with Gasteiger partial charge in [0.05, 0.1) is 6.04 Å². The topological polar surface area (TPSA) is 224 Å². The van der Waals surface area contributed by atoms with Crippen LogP contribution in [-0.2, 0) is 25.9 Å². The molecular formula is C32H25N9O7S. The lowest BCUT2D eigenvalue weighted by Gasteiger charge is -2.32. The number of aromatic amines is 1. The minimum atomic E-state index is -0.653. The molecule has 0 unspecified atom stereocenters. The summed E-state index contributed by atoms with van der Waals surface area (Å²) in [7, 11) is 0. The minimum absolute atomic E-state index is 0.00629. The van der Waals surface area contributed by atoms with Gasteiger partial charge < -0.3 is 25.8 Å². The predicted molar refractivity (Wildman–Crippen MR) is 175 cm³/mol. The van der Waals surface area contributed by atoms with E-state index in [0.717, 1.165) is 27.8 Å². The number of anilines is 2. The maximum absolute atomic E-state index is 13.7. The molecule has 1 atom stereocenters. The number of amides is 2. The van der Waals surface area contributed by atoms with E-state index in [1.807, 2.05) is 35.2 Å². The number of nitrogens with zero attached hydrogens (tertiary/aromatic N) is 5. The minimum Gasteiger partial charge on any atom is -0.394 e. The molecule has 2 aliphatic rings. The Hall–Kier alpha value is -6.23. The van der Waals surface area contributed by atoms with Crippen molar-refractivity contribution in [2.45, 2.75) is 38.4 Å². The van der Waals surface area contributed by atoms with Gasteiger partial charge in [-0.15, -0.1) is 0 Å². The van der Waals surface area contributed by atoms with Crippen LogP contribution in [0.2, 0.25) is 0 Å². The van der Waals surface area contributed by atoms with Crippen molar-refractivity contribution in [2.24, 2.45) is 0 Å². The number of carbonyl (C=O) groups excluding carboxylic acids is 2. The molecule has 1 aliphatic carbocycles. The molecule has 5 N–H and O–H groups in total. The highest BCUT2D eigenvalue weighted by Crippen LogP contribution is 2.34. The Morgan fingerprint density at radius 3 is 2.63 bits per heavy atom. The van der Waals surface area contributed by atoms with Gasteiger partial charge in [0, 0.05) is 25.2 Å². The highest BCUT2D eigenvalue weighted by atomic mass is 32.1. The Morgan fingerprint density at radius 2 is 1.84 bits per heavy atom. The maximum atomic E-state index is 13.7. The molecule has 17 heteroatoms. The van der Waals surface area contributed by atoms with E-state index in [4.69, 9.17) is 22.5 Å². The van der Waals surface area contributed by atoms with Gasteiger partial charge in [0.15, 0.2) is 5.82 Å². The van der Waals surface area contributed by atoms with Crippen LogP contribution in [0.15, 0.2) is 65.9 Å². The molecule has 0 radical (unpaired) electrons. The van der Waals surface area contributed by atoms with Crippen LogP contribution >= 0.6 is 12.2 Å². The van der Waals surface area contributed by atoms with Crippen LogP contribution in [0.5, 0.6) is 0 Å². The van der Waals surface area contributed by atoms with Gasteiger partial charge in [-0.2, -0.15) is 0 Å². The summed E-state index contributed by atoms with van der Waals surface area (Å²) in [4.78, 5) is 70.6. The number of rotatable bonds is 7. The molecule has 8 rings (SSSR count). The number of hydrogen-bond donors (Lipinski definition) is 4. The molecule has 0 saturated carbocycles. The lowest BCUT2D eigenvalue weighted by atomic mass is 9.96. The SMILES string of the molecule is Nc1c(N2CCc3ccc(CNC(=O)c4cc(C(=O)N[C@H]5CCc6cc(-c7noc(=O)[nH]7)ccc65)n5c(=S)onc5n4)cc3C2)c(=O)c1=O. The monoisotopic (exact) mass is 679 g/mol. The van der Waals surface area contributed by atoms with E-state index in [-0.39, 0.29) is 46.0 Å². The lowest BCUT2D eigenvalue weighted by Crippen LogP contribution is -2.44. The molecule has 0 saturated heterocycles. The Morgan fingerprint density at radius 1 is 0.980 bits per heavy atom. The van der Waals surface area contributed by atoms with Crippen molar-refractivity contribution < 1.29 is 18.6 Å². The molecule has 49 heavy (non-hydrogen) atoms. The first kappa shape index (κ1) is 30.1. The van der Waals surface area contributed by atoms with Crippen LogP contribution in [0.1, 0.15) is 61.3 Å². The summed E-state index contributed by atoms with van der Waals surface area (Å²) < 4.78 is 11.0. The fourth-order valence-electron chi connectivity index (χ4n) is 6.53. The molecule has 6 aromatic rings. The highest BCUT2D eigenvalue weighted by Gasteiger charge is 2.29. The molecule has 16 nitrogen and oxygen atoms in total. The Balaban J connectivity index is 0.990. The molecule has 0 fully saturated rings. The van der Waals surface area contributed by atoms with Crippen molar-refractivity contribution in [1.29, 1.82) is 0 Å². The van der Waals surface area contributed by atoms with Crippen LogP contribution < -0.4 is 37.9 Å². The highest BCUT2D eigenvalue weighted by molar-refractivity contribution is 7.71. The quantitative estimate of drug-likeness (QED) is 0.139. The van der Waals surface area contributed by atoms with Crippen molar-refractivity contribution in [3.05, 3.63) is 118 Å². The van der Waals surface area contributed by atoms with E-state index in [1.165, 1.54) is 10.5 Å². The predicted octanol–water partition coefficient (Wildman–Crippen LogP) is 1.48. The third-order valence-corrected chi connectivity index (χ3v) is 9.26. The van der Waals surface area contributed by atoms with Crippen LogP contribution in [-0.4, -0.2) is 43.0 Å². The number of benzene rings is 2. The number of carbonyl (C=O) groups is 2. The maximum Gasteiger partial charge on any atom is 0.439 e. The van der Waals surface area contributed by atoms with E-state index in [0.29, 0.717) is 43.7 Å². The number of nitrogens with two attached hydrogens (primary N) is 1. The summed E-state index contributed by atoms with van der Waals surface area (Å²) in [6.07, 6.45) is 1.97. The Kier molecular flexibility index (Phi) is 7.06. The van der Waals surface area contributed by atoms with Crippen LogP contribution in [0.4, 0.5) is 11.4 Å². The van der Waals surface area contributed by atoms with Gasteiger partial charge in [-0.05, 0) is 76.6 Å². The van der Waals surface area contributed by atoms with Gasteiger partial charge >= 0.3 is 10.6 Å². The zero-order chi connectivity index (χ0) is 34.0. The van der Waals surface area contributed by atoms with Gasteiger partial charge in [0.25, 0.3) is 28.4 Å². The van der Waals surface area contributed by atoms with Gasteiger partial charge in [-0.1, -0.05) is 35.5 Å². The summed E-state index contributed by atoms with van der Waals surface area (Å²) in [5.41, 5.74) is 10.2. The molecule has 4 heterocycles. The summed E-state index contributed by atoms with van der Waals surface area (Å²) >= 11 is 5.26. The first-order valence-corrected chi connectivity index (χ1v) is 15.7. The number of aryl methyl sites for hydroxylation is 1. The van der Waals surface area contributed by atoms with E-state index in [1.54, 1.807) is 6.07 Å². The van der Waals surface area contributed by atoms with E-state index in [9.17, 15) is 24.0 Å².